The van der Waals surface area contributed by atoms with Crippen LogP contribution in [0.5, 0.6) is 0 Å². The maximum atomic E-state index is 12.7. The van der Waals surface area contributed by atoms with Crippen LogP contribution in [0.1, 0.15) is 5.56 Å². The Labute approximate surface area is 162 Å². The summed E-state index contributed by atoms with van der Waals surface area (Å²) in [7, 11) is -3.48. The first kappa shape index (κ1) is 18.8. The predicted octanol–water partition coefficient (Wildman–Crippen LogP) is 4.30. The summed E-state index contributed by atoms with van der Waals surface area (Å²) in [5, 5.41) is 1.41. The van der Waals surface area contributed by atoms with E-state index in [1.54, 1.807) is 18.2 Å². The predicted molar refractivity (Wildman–Crippen MR) is 104 cm³/mol. The Morgan fingerprint density at radius 1 is 0.880 bits per heavy atom. The highest BCUT2D eigenvalue weighted by Crippen LogP contribution is 2.28. The summed E-state index contributed by atoms with van der Waals surface area (Å²) in [6.45, 7) is 2.04. The van der Waals surface area contributed by atoms with E-state index in [-0.39, 0.29) is 5.75 Å². The van der Waals surface area contributed by atoms with Crippen molar-refractivity contribution in [3.8, 4) is 0 Å². The van der Waals surface area contributed by atoms with E-state index in [0.717, 1.165) is 5.69 Å². The molecular formula is C17H17Cl3N2O2S. The molecule has 0 radical (unpaired) electrons. The lowest BCUT2D eigenvalue weighted by Gasteiger charge is -2.35. The number of nitrogens with zero attached hydrogens (tertiary/aromatic N) is 2. The van der Waals surface area contributed by atoms with Crippen LogP contribution in [0.25, 0.3) is 0 Å². The van der Waals surface area contributed by atoms with E-state index < -0.39 is 10.0 Å². The number of hydrogen-bond donors (Lipinski definition) is 0. The van der Waals surface area contributed by atoms with Crippen LogP contribution in [-0.4, -0.2) is 38.9 Å². The van der Waals surface area contributed by atoms with Crippen molar-refractivity contribution < 1.29 is 8.42 Å². The smallest absolute Gasteiger partial charge is 0.218 e. The minimum atomic E-state index is -3.48. The SMILES string of the molecule is O=S(=O)(Cc1c(Cl)cccc1Cl)N1CCN(c2cccc(Cl)c2)CC1. The molecule has 1 fully saturated rings. The van der Waals surface area contributed by atoms with Gasteiger partial charge >= 0.3 is 0 Å². The van der Waals surface area contributed by atoms with Crippen LogP contribution in [0.2, 0.25) is 15.1 Å². The molecule has 0 bridgehead atoms. The fourth-order valence-corrected chi connectivity index (χ4v) is 5.29. The molecule has 1 aliphatic heterocycles. The van der Waals surface area contributed by atoms with E-state index >= 15 is 0 Å². The van der Waals surface area contributed by atoms with E-state index in [2.05, 4.69) is 4.90 Å². The molecule has 1 aliphatic rings. The molecule has 2 aromatic rings. The normalized spacial score (nSPS) is 16.2. The monoisotopic (exact) mass is 418 g/mol. The molecule has 0 atom stereocenters. The first-order valence-electron chi connectivity index (χ1n) is 7.78. The number of anilines is 1. The molecule has 134 valence electrons. The van der Waals surface area contributed by atoms with E-state index in [9.17, 15) is 8.42 Å². The van der Waals surface area contributed by atoms with Crippen molar-refractivity contribution in [1.82, 2.24) is 4.31 Å². The molecule has 0 spiro atoms. The standard InChI is InChI=1S/C17H17Cl3N2O2S/c18-13-3-1-4-14(11-13)21-7-9-22(10-8-21)25(23,24)12-15-16(19)5-2-6-17(15)20/h1-6,11H,7-10,12H2. The lowest BCUT2D eigenvalue weighted by Crippen LogP contribution is -2.49. The Balaban J connectivity index is 1.69. The van der Waals surface area contributed by atoms with Crippen LogP contribution in [0.3, 0.4) is 0 Å². The summed E-state index contributed by atoms with van der Waals surface area (Å²) in [5.74, 6) is -0.192. The van der Waals surface area contributed by atoms with Gasteiger partial charge in [0.05, 0.1) is 5.75 Å². The molecule has 3 rings (SSSR count). The Morgan fingerprint density at radius 2 is 1.48 bits per heavy atom. The first-order chi connectivity index (χ1) is 11.9. The zero-order valence-electron chi connectivity index (χ0n) is 13.3. The van der Waals surface area contributed by atoms with Crippen LogP contribution in [-0.2, 0) is 15.8 Å². The molecule has 2 aromatic carbocycles. The quantitative estimate of drug-likeness (QED) is 0.742. The third-order valence-corrected chi connectivity index (χ3v) is 6.94. The Hall–Kier alpha value is -0.980. The minimum absolute atomic E-state index is 0.192. The molecule has 0 unspecified atom stereocenters. The molecule has 8 heteroatoms. The highest BCUT2D eigenvalue weighted by molar-refractivity contribution is 7.88. The molecule has 1 saturated heterocycles. The van der Waals surface area contributed by atoms with Gasteiger partial charge in [-0.05, 0) is 30.3 Å². The van der Waals surface area contributed by atoms with Gasteiger partial charge in [-0.25, -0.2) is 8.42 Å². The number of hydrogen-bond acceptors (Lipinski definition) is 3. The third kappa shape index (κ3) is 4.41. The lowest BCUT2D eigenvalue weighted by atomic mass is 10.2. The summed E-state index contributed by atoms with van der Waals surface area (Å²) >= 11 is 18.2. The number of benzene rings is 2. The van der Waals surface area contributed by atoms with Gasteiger partial charge in [0, 0.05) is 52.5 Å². The van der Waals surface area contributed by atoms with Crippen LogP contribution in [0.4, 0.5) is 5.69 Å². The van der Waals surface area contributed by atoms with E-state index in [1.165, 1.54) is 4.31 Å². The number of sulfonamides is 1. The molecular weight excluding hydrogens is 403 g/mol. The van der Waals surface area contributed by atoms with Gasteiger partial charge < -0.3 is 4.90 Å². The molecule has 0 aromatic heterocycles. The third-order valence-electron chi connectivity index (χ3n) is 4.19. The summed E-state index contributed by atoms with van der Waals surface area (Å²) < 4.78 is 26.9. The highest BCUT2D eigenvalue weighted by Gasteiger charge is 2.28. The van der Waals surface area contributed by atoms with Crippen molar-refractivity contribution >= 4 is 50.5 Å². The fraction of sp³-hybridized carbons (Fsp3) is 0.294. The van der Waals surface area contributed by atoms with Crippen LogP contribution in [0.15, 0.2) is 42.5 Å². The van der Waals surface area contributed by atoms with Crippen molar-refractivity contribution in [1.29, 1.82) is 0 Å². The topological polar surface area (TPSA) is 40.6 Å². The van der Waals surface area contributed by atoms with Gasteiger partial charge in [-0.15, -0.1) is 0 Å². The van der Waals surface area contributed by atoms with Gasteiger partial charge in [-0.2, -0.15) is 4.31 Å². The van der Waals surface area contributed by atoms with E-state index in [0.29, 0.717) is 46.8 Å². The molecule has 0 N–H and O–H groups in total. The van der Waals surface area contributed by atoms with Gasteiger partial charge in [0.15, 0.2) is 0 Å². The van der Waals surface area contributed by atoms with E-state index in [1.807, 2.05) is 24.3 Å². The Bertz CT molecular complexity index is 846. The minimum Gasteiger partial charge on any atom is -0.369 e. The zero-order valence-corrected chi connectivity index (χ0v) is 16.4. The van der Waals surface area contributed by atoms with Crippen molar-refractivity contribution in [2.45, 2.75) is 5.75 Å². The fourth-order valence-electron chi connectivity index (χ4n) is 2.84. The van der Waals surface area contributed by atoms with Gasteiger partial charge in [0.1, 0.15) is 0 Å². The zero-order chi connectivity index (χ0) is 18.0. The van der Waals surface area contributed by atoms with Crippen LogP contribution in [0, 0.1) is 0 Å². The summed E-state index contributed by atoms with van der Waals surface area (Å²) in [6.07, 6.45) is 0. The summed E-state index contributed by atoms with van der Waals surface area (Å²) in [4.78, 5) is 2.13. The molecule has 0 amide bonds. The van der Waals surface area contributed by atoms with Crippen molar-refractivity contribution in [2.24, 2.45) is 0 Å². The maximum absolute atomic E-state index is 12.7. The first-order valence-corrected chi connectivity index (χ1v) is 10.5. The molecule has 25 heavy (non-hydrogen) atoms. The van der Waals surface area contributed by atoms with Gasteiger partial charge in [-0.1, -0.05) is 46.9 Å². The van der Waals surface area contributed by atoms with Crippen molar-refractivity contribution in [2.75, 3.05) is 31.1 Å². The summed E-state index contributed by atoms with van der Waals surface area (Å²) in [6, 6.07) is 12.6. The highest BCUT2D eigenvalue weighted by atomic mass is 35.5. The second kappa shape index (κ2) is 7.72. The maximum Gasteiger partial charge on any atom is 0.218 e. The second-order valence-electron chi connectivity index (χ2n) is 5.82. The number of piperazine rings is 1. The molecule has 0 aliphatic carbocycles. The average Bonchev–Trinajstić information content (AvgIpc) is 2.58. The van der Waals surface area contributed by atoms with Gasteiger partial charge in [0.2, 0.25) is 10.0 Å². The molecule has 4 nitrogen and oxygen atoms in total. The number of rotatable bonds is 4. The molecule has 1 heterocycles. The second-order valence-corrected chi connectivity index (χ2v) is 9.04. The van der Waals surface area contributed by atoms with Crippen molar-refractivity contribution in [3.05, 3.63) is 63.1 Å². The van der Waals surface area contributed by atoms with Crippen molar-refractivity contribution in [3.63, 3.8) is 0 Å². The van der Waals surface area contributed by atoms with Crippen LogP contribution >= 0.6 is 34.8 Å². The van der Waals surface area contributed by atoms with Gasteiger partial charge in [0.25, 0.3) is 0 Å². The van der Waals surface area contributed by atoms with Gasteiger partial charge in [-0.3, -0.25) is 0 Å². The summed E-state index contributed by atoms with van der Waals surface area (Å²) in [5.41, 5.74) is 1.45. The largest absolute Gasteiger partial charge is 0.369 e. The Morgan fingerprint density at radius 3 is 2.08 bits per heavy atom. The van der Waals surface area contributed by atoms with E-state index in [4.69, 9.17) is 34.8 Å². The lowest BCUT2D eigenvalue weighted by molar-refractivity contribution is 0.384. The van der Waals surface area contributed by atoms with Crippen LogP contribution < -0.4 is 4.90 Å². The average molecular weight is 420 g/mol. The Kier molecular flexibility index (Phi) is 5.81. The number of halogens is 3. The molecule has 0 saturated carbocycles.